The van der Waals surface area contributed by atoms with Crippen LogP contribution in [0.1, 0.15) is 18.4 Å². The summed E-state index contributed by atoms with van der Waals surface area (Å²) in [6, 6.07) is 4.96. The van der Waals surface area contributed by atoms with Crippen LogP contribution < -0.4 is 5.73 Å². The van der Waals surface area contributed by atoms with Crippen LogP contribution in [0.2, 0.25) is 0 Å². The highest BCUT2D eigenvalue weighted by atomic mass is 79.9. The third-order valence-electron chi connectivity index (χ3n) is 4.04. The molecule has 1 fully saturated rings. The first-order valence-corrected chi connectivity index (χ1v) is 8.55. The Bertz CT molecular complexity index is 766. The summed E-state index contributed by atoms with van der Waals surface area (Å²) in [6.07, 6.45) is 8.03. The maximum atomic E-state index is 14.2. The quantitative estimate of drug-likeness (QED) is 0.816. The van der Waals surface area contributed by atoms with Crippen molar-refractivity contribution in [1.29, 1.82) is 0 Å². The van der Waals surface area contributed by atoms with E-state index in [1.54, 1.807) is 35.5 Å². The minimum absolute atomic E-state index is 0.0672. The van der Waals surface area contributed by atoms with Gasteiger partial charge in [-0.25, -0.2) is 9.07 Å². The highest BCUT2D eigenvalue weighted by Crippen LogP contribution is 2.18. The average molecular weight is 393 g/mol. The molecule has 1 aliphatic rings. The Morgan fingerprint density at radius 2 is 2.12 bits per heavy atom. The fraction of sp³-hybridized carbons (Fsp3) is 0.294. The lowest BCUT2D eigenvalue weighted by Gasteiger charge is -2.29. The summed E-state index contributed by atoms with van der Waals surface area (Å²) in [5, 5.41) is 4.06. The minimum atomic E-state index is -0.399. The monoisotopic (exact) mass is 392 g/mol. The van der Waals surface area contributed by atoms with Gasteiger partial charge >= 0.3 is 0 Å². The fourth-order valence-corrected chi connectivity index (χ4v) is 2.92. The molecule has 0 aliphatic carbocycles. The molecule has 1 aromatic carbocycles. The van der Waals surface area contributed by atoms with E-state index in [0.29, 0.717) is 24.3 Å². The second-order valence-electron chi connectivity index (χ2n) is 5.81. The van der Waals surface area contributed by atoms with Gasteiger partial charge in [-0.2, -0.15) is 5.10 Å². The van der Waals surface area contributed by atoms with Gasteiger partial charge in [-0.1, -0.05) is 6.07 Å². The van der Waals surface area contributed by atoms with Crippen LogP contribution in [0.4, 0.5) is 4.39 Å². The maximum absolute atomic E-state index is 14.2. The van der Waals surface area contributed by atoms with Crippen LogP contribution in [0, 0.1) is 5.82 Å². The molecular weight excluding hydrogens is 375 g/mol. The van der Waals surface area contributed by atoms with E-state index in [-0.39, 0.29) is 11.9 Å². The van der Waals surface area contributed by atoms with Gasteiger partial charge in [0.2, 0.25) is 5.91 Å². The number of aromatic nitrogens is 2. The zero-order chi connectivity index (χ0) is 17.1. The molecular formula is C17H18BrFN4O. The van der Waals surface area contributed by atoms with Crippen molar-refractivity contribution >= 4 is 27.9 Å². The predicted octanol–water partition coefficient (Wildman–Crippen LogP) is 2.74. The van der Waals surface area contributed by atoms with Crippen molar-refractivity contribution in [3.8, 4) is 5.69 Å². The van der Waals surface area contributed by atoms with E-state index in [4.69, 9.17) is 5.73 Å². The standard InChI is InChI=1S/C17H18BrFN4O/c18-13-10-21-23(11-13)16-3-1-12(9-15(16)19)2-4-17(24)22-7-5-14(20)6-8-22/h1-4,9-11,14H,5-8,20H2/b4-2+. The molecule has 0 radical (unpaired) electrons. The molecule has 2 heterocycles. The molecule has 7 heteroatoms. The van der Waals surface area contributed by atoms with Crippen molar-refractivity contribution in [1.82, 2.24) is 14.7 Å². The van der Waals surface area contributed by atoms with Gasteiger partial charge in [0.05, 0.1) is 10.7 Å². The molecule has 2 aromatic rings. The molecule has 0 spiro atoms. The Morgan fingerprint density at radius 1 is 1.38 bits per heavy atom. The van der Waals surface area contributed by atoms with Crippen molar-refractivity contribution in [2.75, 3.05) is 13.1 Å². The van der Waals surface area contributed by atoms with Gasteiger partial charge < -0.3 is 10.6 Å². The third kappa shape index (κ3) is 3.91. The van der Waals surface area contributed by atoms with E-state index < -0.39 is 5.82 Å². The zero-order valence-electron chi connectivity index (χ0n) is 13.0. The number of hydrogen-bond acceptors (Lipinski definition) is 3. The summed E-state index contributed by atoms with van der Waals surface area (Å²) >= 11 is 3.28. The molecule has 1 aromatic heterocycles. The van der Waals surface area contributed by atoms with Crippen LogP contribution in [-0.4, -0.2) is 39.7 Å². The smallest absolute Gasteiger partial charge is 0.246 e. The van der Waals surface area contributed by atoms with E-state index in [0.717, 1.165) is 17.3 Å². The van der Waals surface area contributed by atoms with Gasteiger partial charge in [-0.3, -0.25) is 4.79 Å². The lowest BCUT2D eigenvalue weighted by molar-refractivity contribution is -0.126. The molecule has 126 valence electrons. The van der Waals surface area contributed by atoms with E-state index in [9.17, 15) is 9.18 Å². The molecule has 0 bridgehead atoms. The Hall–Kier alpha value is -1.99. The van der Waals surface area contributed by atoms with Crippen LogP contribution in [0.15, 0.2) is 41.1 Å². The average Bonchev–Trinajstić information content (AvgIpc) is 2.99. The molecule has 3 rings (SSSR count). The molecule has 2 N–H and O–H groups in total. The highest BCUT2D eigenvalue weighted by Gasteiger charge is 2.18. The molecule has 0 unspecified atom stereocenters. The summed E-state index contributed by atoms with van der Waals surface area (Å²) < 4.78 is 16.5. The minimum Gasteiger partial charge on any atom is -0.339 e. The van der Waals surface area contributed by atoms with Gasteiger partial charge in [-0.05, 0) is 52.5 Å². The first kappa shape index (κ1) is 16.9. The Kier molecular flexibility index (Phi) is 5.11. The first-order chi connectivity index (χ1) is 11.5. The Morgan fingerprint density at radius 3 is 2.75 bits per heavy atom. The zero-order valence-corrected chi connectivity index (χ0v) is 14.6. The number of piperidine rings is 1. The second kappa shape index (κ2) is 7.27. The lowest BCUT2D eigenvalue weighted by atomic mass is 10.1. The maximum Gasteiger partial charge on any atom is 0.246 e. The van der Waals surface area contributed by atoms with Crippen molar-refractivity contribution in [2.24, 2.45) is 5.73 Å². The van der Waals surface area contributed by atoms with Crippen LogP contribution in [0.5, 0.6) is 0 Å². The van der Waals surface area contributed by atoms with E-state index in [2.05, 4.69) is 21.0 Å². The number of likely N-dealkylation sites (tertiary alicyclic amines) is 1. The summed E-state index contributed by atoms with van der Waals surface area (Å²) in [5.74, 6) is -0.466. The topological polar surface area (TPSA) is 64.2 Å². The highest BCUT2D eigenvalue weighted by molar-refractivity contribution is 9.10. The van der Waals surface area contributed by atoms with Crippen LogP contribution >= 0.6 is 15.9 Å². The first-order valence-electron chi connectivity index (χ1n) is 7.75. The number of carbonyl (C=O) groups is 1. The number of rotatable bonds is 3. The SMILES string of the molecule is NC1CCN(C(=O)/C=C/c2ccc(-n3cc(Br)cn3)c(F)c2)CC1. The number of hydrogen-bond donors (Lipinski definition) is 1. The molecule has 0 atom stereocenters. The normalized spacial score (nSPS) is 16.0. The van der Waals surface area contributed by atoms with Crippen LogP contribution in [0.25, 0.3) is 11.8 Å². The molecule has 24 heavy (non-hydrogen) atoms. The summed E-state index contributed by atoms with van der Waals surface area (Å²) in [5.41, 5.74) is 6.82. The largest absolute Gasteiger partial charge is 0.339 e. The van der Waals surface area contributed by atoms with E-state index in [1.165, 1.54) is 16.8 Å². The van der Waals surface area contributed by atoms with Gasteiger partial charge in [0.25, 0.3) is 0 Å². The summed E-state index contributed by atoms with van der Waals surface area (Å²) in [6.45, 7) is 1.34. The Labute approximate surface area is 148 Å². The number of carbonyl (C=O) groups excluding carboxylic acids is 1. The molecule has 1 aliphatic heterocycles. The molecule has 5 nitrogen and oxygen atoms in total. The van der Waals surface area contributed by atoms with Gasteiger partial charge in [-0.15, -0.1) is 0 Å². The molecule has 1 amide bonds. The lowest BCUT2D eigenvalue weighted by Crippen LogP contribution is -2.42. The van der Waals surface area contributed by atoms with E-state index >= 15 is 0 Å². The third-order valence-corrected chi connectivity index (χ3v) is 4.45. The Balaban J connectivity index is 1.69. The van der Waals surface area contributed by atoms with Crippen LogP contribution in [0.3, 0.4) is 0 Å². The fourth-order valence-electron chi connectivity index (χ4n) is 2.64. The van der Waals surface area contributed by atoms with Gasteiger partial charge in [0.1, 0.15) is 11.5 Å². The number of amides is 1. The van der Waals surface area contributed by atoms with E-state index in [1.807, 2.05) is 0 Å². The molecule has 0 saturated carbocycles. The number of nitrogens with zero attached hydrogens (tertiary/aromatic N) is 3. The molecule has 1 saturated heterocycles. The van der Waals surface area contributed by atoms with Crippen molar-refractivity contribution < 1.29 is 9.18 Å². The summed E-state index contributed by atoms with van der Waals surface area (Å²) in [4.78, 5) is 13.9. The van der Waals surface area contributed by atoms with Crippen molar-refractivity contribution in [3.05, 3.63) is 52.5 Å². The van der Waals surface area contributed by atoms with Crippen LogP contribution in [-0.2, 0) is 4.79 Å². The number of nitrogens with two attached hydrogens (primary N) is 1. The van der Waals surface area contributed by atoms with Gasteiger partial charge in [0, 0.05) is 31.4 Å². The summed E-state index contributed by atoms with van der Waals surface area (Å²) in [7, 11) is 0. The number of halogens is 2. The second-order valence-corrected chi connectivity index (χ2v) is 6.73. The predicted molar refractivity (Wildman–Crippen MR) is 94.0 cm³/mol. The van der Waals surface area contributed by atoms with Crippen molar-refractivity contribution in [2.45, 2.75) is 18.9 Å². The number of benzene rings is 1. The van der Waals surface area contributed by atoms with Gasteiger partial charge in [0.15, 0.2) is 0 Å². The van der Waals surface area contributed by atoms with Crippen molar-refractivity contribution in [3.63, 3.8) is 0 Å².